The first-order valence-electron chi connectivity index (χ1n) is 6.86. The lowest BCUT2D eigenvalue weighted by molar-refractivity contribution is 0.223. The summed E-state index contributed by atoms with van der Waals surface area (Å²) in [6.45, 7) is 2.40. The van der Waals surface area contributed by atoms with Crippen molar-refractivity contribution in [2.24, 2.45) is 0 Å². The summed E-state index contributed by atoms with van der Waals surface area (Å²) in [6, 6.07) is 10.3. The molecule has 3 rings (SSSR count). The van der Waals surface area contributed by atoms with Gasteiger partial charge in [-0.1, -0.05) is 24.3 Å². The van der Waals surface area contributed by atoms with Crippen LogP contribution in [0.5, 0.6) is 0 Å². The maximum absolute atomic E-state index is 3.59. The van der Waals surface area contributed by atoms with Gasteiger partial charge in [-0.3, -0.25) is 4.90 Å². The van der Waals surface area contributed by atoms with Gasteiger partial charge in [-0.15, -0.1) is 0 Å². The molecule has 1 aliphatic carbocycles. The first-order chi connectivity index (χ1) is 8.34. The molecule has 1 saturated heterocycles. The van der Waals surface area contributed by atoms with Crippen LogP contribution in [0.4, 0.5) is 0 Å². The highest BCUT2D eigenvalue weighted by atomic mass is 15.2. The van der Waals surface area contributed by atoms with Crippen LogP contribution < -0.4 is 5.32 Å². The molecule has 0 radical (unpaired) electrons. The zero-order chi connectivity index (χ0) is 11.7. The predicted octanol–water partition coefficient (Wildman–Crippen LogP) is 2.36. The van der Waals surface area contributed by atoms with Crippen LogP contribution in [0.15, 0.2) is 24.3 Å². The number of nitrogens with one attached hydrogen (secondary N) is 1. The standard InChI is InChI=1S/C15H22N2/c1-17(11-13-6-4-10-16-13)15-9-8-12-5-2-3-7-14(12)15/h2-3,5,7,13,15-16H,4,6,8-11H2,1H3. The van der Waals surface area contributed by atoms with Crippen molar-refractivity contribution >= 4 is 0 Å². The fourth-order valence-electron chi connectivity index (χ4n) is 3.38. The van der Waals surface area contributed by atoms with Gasteiger partial charge in [-0.05, 0) is 50.4 Å². The second kappa shape index (κ2) is 4.79. The number of rotatable bonds is 3. The molecule has 0 saturated carbocycles. The molecule has 0 aromatic heterocycles. The van der Waals surface area contributed by atoms with Crippen LogP contribution in [0.25, 0.3) is 0 Å². The lowest BCUT2D eigenvalue weighted by Gasteiger charge is -2.28. The molecule has 2 heteroatoms. The third-order valence-electron chi connectivity index (χ3n) is 4.30. The molecule has 0 bridgehead atoms. The highest BCUT2D eigenvalue weighted by molar-refractivity contribution is 5.34. The second-order valence-corrected chi connectivity index (χ2v) is 5.49. The van der Waals surface area contributed by atoms with Crippen LogP contribution in [0.1, 0.15) is 36.4 Å². The lowest BCUT2D eigenvalue weighted by atomic mass is 10.1. The van der Waals surface area contributed by atoms with E-state index in [9.17, 15) is 0 Å². The summed E-state index contributed by atoms with van der Waals surface area (Å²) >= 11 is 0. The zero-order valence-electron chi connectivity index (χ0n) is 10.7. The molecule has 1 fully saturated rings. The minimum Gasteiger partial charge on any atom is -0.313 e. The van der Waals surface area contributed by atoms with Crippen molar-refractivity contribution < 1.29 is 0 Å². The minimum absolute atomic E-state index is 0.647. The third-order valence-corrected chi connectivity index (χ3v) is 4.30. The van der Waals surface area contributed by atoms with Crippen molar-refractivity contribution in [2.45, 2.75) is 37.8 Å². The molecule has 2 atom stereocenters. The van der Waals surface area contributed by atoms with Gasteiger partial charge in [-0.2, -0.15) is 0 Å². The van der Waals surface area contributed by atoms with E-state index in [-0.39, 0.29) is 0 Å². The van der Waals surface area contributed by atoms with Crippen molar-refractivity contribution in [3.8, 4) is 0 Å². The average molecular weight is 230 g/mol. The summed E-state index contributed by atoms with van der Waals surface area (Å²) in [6.07, 6.45) is 5.24. The number of likely N-dealkylation sites (N-methyl/N-ethyl adjacent to an activating group) is 1. The molecule has 1 N–H and O–H groups in total. The van der Waals surface area contributed by atoms with Crippen molar-refractivity contribution in [2.75, 3.05) is 20.1 Å². The maximum Gasteiger partial charge on any atom is 0.0351 e. The van der Waals surface area contributed by atoms with Gasteiger partial charge in [0, 0.05) is 18.6 Å². The number of aryl methyl sites for hydroxylation is 1. The Labute approximate surface area is 104 Å². The van der Waals surface area contributed by atoms with Gasteiger partial charge < -0.3 is 5.32 Å². The van der Waals surface area contributed by atoms with E-state index in [1.54, 1.807) is 11.1 Å². The molecule has 1 aromatic carbocycles. The van der Waals surface area contributed by atoms with Gasteiger partial charge >= 0.3 is 0 Å². The minimum atomic E-state index is 0.647. The first kappa shape index (κ1) is 11.2. The molecule has 92 valence electrons. The van der Waals surface area contributed by atoms with Gasteiger partial charge in [0.2, 0.25) is 0 Å². The van der Waals surface area contributed by atoms with E-state index >= 15 is 0 Å². The number of hydrogen-bond acceptors (Lipinski definition) is 2. The van der Waals surface area contributed by atoms with Gasteiger partial charge in [0.15, 0.2) is 0 Å². The van der Waals surface area contributed by atoms with Gasteiger partial charge in [-0.25, -0.2) is 0 Å². The molecule has 1 aromatic rings. The average Bonchev–Trinajstić information content (AvgIpc) is 2.96. The van der Waals surface area contributed by atoms with Crippen molar-refractivity contribution in [3.05, 3.63) is 35.4 Å². The molecular formula is C15H22N2. The Balaban J connectivity index is 1.68. The van der Waals surface area contributed by atoms with Crippen LogP contribution in [-0.4, -0.2) is 31.1 Å². The molecular weight excluding hydrogens is 208 g/mol. The Morgan fingerprint density at radius 2 is 2.18 bits per heavy atom. The molecule has 1 aliphatic heterocycles. The summed E-state index contributed by atoms with van der Waals surface area (Å²) in [7, 11) is 2.28. The molecule has 2 unspecified atom stereocenters. The normalized spacial score (nSPS) is 27.6. The van der Waals surface area contributed by atoms with Gasteiger partial charge in [0.25, 0.3) is 0 Å². The number of benzene rings is 1. The fraction of sp³-hybridized carbons (Fsp3) is 0.600. The van der Waals surface area contributed by atoms with Gasteiger partial charge in [0.05, 0.1) is 0 Å². The van der Waals surface area contributed by atoms with Crippen LogP contribution >= 0.6 is 0 Å². The molecule has 0 spiro atoms. The summed E-state index contributed by atoms with van der Waals surface area (Å²) in [5.41, 5.74) is 3.12. The fourth-order valence-corrected chi connectivity index (χ4v) is 3.38. The topological polar surface area (TPSA) is 15.3 Å². The van der Waals surface area contributed by atoms with Crippen molar-refractivity contribution in [1.29, 1.82) is 0 Å². The number of hydrogen-bond donors (Lipinski definition) is 1. The first-order valence-corrected chi connectivity index (χ1v) is 6.86. The Morgan fingerprint density at radius 1 is 1.29 bits per heavy atom. The predicted molar refractivity (Wildman–Crippen MR) is 71.2 cm³/mol. The summed E-state index contributed by atoms with van der Waals surface area (Å²) in [5.74, 6) is 0. The molecule has 17 heavy (non-hydrogen) atoms. The van der Waals surface area contributed by atoms with Crippen LogP contribution in [-0.2, 0) is 6.42 Å². The quantitative estimate of drug-likeness (QED) is 0.857. The Kier molecular flexibility index (Phi) is 3.17. The highest BCUT2D eigenvalue weighted by Gasteiger charge is 2.27. The van der Waals surface area contributed by atoms with Crippen LogP contribution in [0, 0.1) is 0 Å². The van der Waals surface area contributed by atoms with E-state index in [1.807, 2.05) is 0 Å². The van der Waals surface area contributed by atoms with E-state index < -0.39 is 0 Å². The van der Waals surface area contributed by atoms with Crippen molar-refractivity contribution in [1.82, 2.24) is 10.2 Å². The molecule has 2 nitrogen and oxygen atoms in total. The maximum atomic E-state index is 3.59. The number of fused-ring (bicyclic) bond motifs is 1. The summed E-state index contributed by atoms with van der Waals surface area (Å²) in [4.78, 5) is 2.55. The monoisotopic (exact) mass is 230 g/mol. The van der Waals surface area contributed by atoms with E-state index in [2.05, 4.69) is 41.5 Å². The van der Waals surface area contributed by atoms with Crippen molar-refractivity contribution in [3.63, 3.8) is 0 Å². The SMILES string of the molecule is CN(CC1CCCN1)C1CCc2ccccc21. The number of nitrogens with zero attached hydrogens (tertiary/aromatic N) is 1. The molecule has 0 amide bonds. The molecule has 1 heterocycles. The Morgan fingerprint density at radius 3 is 3.00 bits per heavy atom. The van der Waals surface area contributed by atoms with E-state index in [4.69, 9.17) is 0 Å². The molecule has 2 aliphatic rings. The second-order valence-electron chi connectivity index (χ2n) is 5.49. The Bertz CT molecular complexity index is 382. The van der Waals surface area contributed by atoms with Gasteiger partial charge in [0.1, 0.15) is 0 Å². The summed E-state index contributed by atoms with van der Waals surface area (Å²) in [5, 5.41) is 3.59. The van der Waals surface area contributed by atoms with E-state index in [1.165, 1.54) is 38.8 Å². The lowest BCUT2D eigenvalue weighted by Crippen LogP contribution is -2.36. The summed E-state index contributed by atoms with van der Waals surface area (Å²) < 4.78 is 0. The van der Waals surface area contributed by atoms with Crippen LogP contribution in [0.2, 0.25) is 0 Å². The van der Waals surface area contributed by atoms with E-state index in [0.29, 0.717) is 12.1 Å². The van der Waals surface area contributed by atoms with Crippen LogP contribution in [0.3, 0.4) is 0 Å². The Hall–Kier alpha value is -0.860. The smallest absolute Gasteiger partial charge is 0.0351 e. The van der Waals surface area contributed by atoms with E-state index in [0.717, 1.165) is 0 Å². The zero-order valence-corrected chi connectivity index (χ0v) is 10.7. The highest BCUT2D eigenvalue weighted by Crippen LogP contribution is 2.34. The third kappa shape index (κ3) is 2.24. The largest absolute Gasteiger partial charge is 0.313 e.